The fourth-order valence-corrected chi connectivity index (χ4v) is 4.84. The lowest BCUT2D eigenvalue weighted by Gasteiger charge is -2.23. The lowest BCUT2D eigenvalue weighted by molar-refractivity contribution is -0.119. The van der Waals surface area contributed by atoms with E-state index in [0.29, 0.717) is 25.1 Å². The second kappa shape index (κ2) is 7.21. The van der Waals surface area contributed by atoms with Gasteiger partial charge in [0.25, 0.3) is 0 Å². The number of benzene rings is 2. The van der Waals surface area contributed by atoms with Crippen LogP contribution in [0.2, 0.25) is 0 Å². The molecule has 3 rings (SSSR count). The SMILES string of the molecule is Cc1ccc(S(=O)(=O)N2CCC[C@H]2C(=O)Nc2ccc(C)c(C)c2)cc1. The Morgan fingerprint density at radius 3 is 2.38 bits per heavy atom. The van der Waals surface area contributed by atoms with E-state index >= 15 is 0 Å². The first-order valence-electron chi connectivity index (χ1n) is 8.75. The number of nitrogens with zero attached hydrogens (tertiary/aromatic N) is 1. The minimum absolute atomic E-state index is 0.231. The van der Waals surface area contributed by atoms with Gasteiger partial charge in [-0.2, -0.15) is 4.31 Å². The molecule has 1 aliphatic rings. The van der Waals surface area contributed by atoms with E-state index in [1.807, 2.05) is 39.0 Å². The Hall–Kier alpha value is -2.18. The molecule has 26 heavy (non-hydrogen) atoms. The molecule has 0 aliphatic carbocycles. The van der Waals surface area contributed by atoms with Gasteiger partial charge >= 0.3 is 0 Å². The Labute approximate surface area is 155 Å². The maximum Gasteiger partial charge on any atom is 0.243 e. The molecule has 0 saturated carbocycles. The first-order chi connectivity index (χ1) is 12.3. The van der Waals surface area contributed by atoms with Gasteiger partial charge in [-0.3, -0.25) is 4.79 Å². The fourth-order valence-electron chi connectivity index (χ4n) is 3.18. The molecular formula is C20H24N2O3S. The third kappa shape index (κ3) is 3.66. The van der Waals surface area contributed by atoms with Crippen LogP contribution < -0.4 is 5.32 Å². The van der Waals surface area contributed by atoms with Gasteiger partial charge in [0.15, 0.2) is 0 Å². The molecule has 1 saturated heterocycles. The minimum Gasteiger partial charge on any atom is -0.325 e. The molecular weight excluding hydrogens is 348 g/mol. The predicted molar refractivity (Wildman–Crippen MR) is 103 cm³/mol. The quantitative estimate of drug-likeness (QED) is 0.894. The molecule has 0 unspecified atom stereocenters. The molecule has 5 nitrogen and oxygen atoms in total. The van der Waals surface area contributed by atoms with Gasteiger partial charge < -0.3 is 5.32 Å². The molecule has 0 bridgehead atoms. The summed E-state index contributed by atoms with van der Waals surface area (Å²) in [7, 11) is -3.68. The van der Waals surface area contributed by atoms with Crippen LogP contribution in [0.5, 0.6) is 0 Å². The maximum absolute atomic E-state index is 13.0. The van der Waals surface area contributed by atoms with Crippen LogP contribution in [0, 0.1) is 20.8 Å². The summed E-state index contributed by atoms with van der Waals surface area (Å²) in [5, 5.41) is 2.87. The largest absolute Gasteiger partial charge is 0.325 e. The average Bonchev–Trinajstić information content (AvgIpc) is 3.09. The van der Waals surface area contributed by atoms with E-state index in [4.69, 9.17) is 0 Å². The summed E-state index contributed by atoms with van der Waals surface area (Å²) >= 11 is 0. The van der Waals surface area contributed by atoms with Crippen molar-refractivity contribution in [3.63, 3.8) is 0 Å². The molecule has 1 N–H and O–H groups in total. The van der Waals surface area contributed by atoms with Crippen LogP contribution in [0.15, 0.2) is 47.4 Å². The summed E-state index contributed by atoms with van der Waals surface area (Å²) in [5.74, 6) is -0.276. The predicted octanol–water partition coefficient (Wildman–Crippen LogP) is 3.40. The number of aryl methyl sites for hydroxylation is 3. The van der Waals surface area contributed by atoms with Gasteiger partial charge in [0.05, 0.1) is 4.90 Å². The summed E-state index contributed by atoms with van der Waals surface area (Å²) in [4.78, 5) is 13.0. The number of hydrogen-bond donors (Lipinski definition) is 1. The van der Waals surface area contributed by atoms with Crippen molar-refractivity contribution in [2.24, 2.45) is 0 Å². The zero-order valence-electron chi connectivity index (χ0n) is 15.3. The highest BCUT2D eigenvalue weighted by Crippen LogP contribution is 2.27. The monoisotopic (exact) mass is 372 g/mol. The molecule has 0 aromatic heterocycles. The highest BCUT2D eigenvalue weighted by molar-refractivity contribution is 7.89. The van der Waals surface area contributed by atoms with Gasteiger partial charge in [-0.25, -0.2) is 8.42 Å². The number of amides is 1. The molecule has 2 aromatic rings. The molecule has 6 heteroatoms. The average molecular weight is 372 g/mol. The Balaban J connectivity index is 1.81. The second-order valence-corrected chi connectivity index (χ2v) is 8.77. The van der Waals surface area contributed by atoms with Crippen LogP contribution in [0.25, 0.3) is 0 Å². The zero-order chi connectivity index (χ0) is 18.9. The van der Waals surface area contributed by atoms with Crippen molar-refractivity contribution in [2.75, 3.05) is 11.9 Å². The van der Waals surface area contributed by atoms with Gasteiger partial charge in [0.2, 0.25) is 15.9 Å². The molecule has 1 heterocycles. The number of hydrogen-bond acceptors (Lipinski definition) is 3. The Morgan fingerprint density at radius 2 is 1.73 bits per heavy atom. The second-order valence-electron chi connectivity index (χ2n) is 6.88. The molecule has 2 aromatic carbocycles. The fraction of sp³-hybridized carbons (Fsp3) is 0.350. The molecule has 0 spiro atoms. The van der Waals surface area contributed by atoms with E-state index in [1.54, 1.807) is 24.3 Å². The topological polar surface area (TPSA) is 66.5 Å². The van der Waals surface area contributed by atoms with Crippen molar-refractivity contribution in [3.05, 3.63) is 59.2 Å². The number of sulfonamides is 1. The first kappa shape index (κ1) is 18.6. The lowest BCUT2D eigenvalue weighted by Crippen LogP contribution is -2.43. The smallest absolute Gasteiger partial charge is 0.243 e. The number of nitrogens with one attached hydrogen (secondary N) is 1. The first-order valence-corrected chi connectivity index (χ1v) is 10.2. The minimum atomic E-state index is -3.68. The molecule has 0 radical (unpaired) electrons. The van der Waals surface area contributed by atoms with Gasteiger partial charge in [0.1, 0.15) is 6.04 Å². The van der Waals surface area contributed by atoms with E-state index in [0.717, 1.165) is 16.7 Å². The highest BCUT2D eigenvalue weighted by atomic mass is 32.2. The third-order valence-electron chi connectivity index (χ3n) is 4.91. The van der Waals surface area contributed by atoms with E-state index in [2.05, 4.69) is 5.32 Å². The summed E-state index contributed by atoms with van der Waals surface area (Å²) < 4.78 is 27.2. The van der Waals surface area contributed by atoms with Crippen LogP contribution in [-0.4, -0.2) is 31.2 Å². The summed E-state index contributed by atoms with van der Waals surface area (Å²) in [6.45, 7) is 6.26. The maximum atomic E-state index is 13.0. The standard InChI is InChI=1S/C20H24N2O3S/c1-14-6-10-18(11-7-14)26(24,25)22-12-4-5-19(22)20(23)21-17-9-8-15(2)16(3)13-17/h6-11,13,19H,4-5,12H2,1-3H3,(H,21,23)/t19-/m0/s1. The number of rotatable bonds is 4. The molecule has 1 amide bonds. The van der Waals surface area contributed by atoms with Gasteiger partial charge in [-0.1, -0.05) is 23.8 Å². The number of carbonyl (C=O) groups excluding carboxylic acids is 1. The van der Waals surface area contributed by atoms with Crippen LogP contribution in [0.1, 0.15) is 29.5 Å². The molecule has 1 aliphatic heterocycles. The van der Waals surface area contributed by atoms with Crippen molar-refractivity contribution < 1.29 is 13.2 Å². The van der Waals surface area contributed by atoms with Crippen molar-refractivity contribution >= 4 is 21.6 Å². The number of anilines is 1. The molecule has 138 valence electrons. The summed E-state index contributed by atoms with van der Waals surface area (Å²) in [5.41, 5.74) is 3.91. The van der Waals surface area contributed by atoms with Crippen molar-refractivity contribution in [2.45, 2.75) is 44.6 Å². The van der Waals surface area contributed by atoms with E-state index in [-0.39, 0.29) is 10.8 Å². The Morgan fingerprint density at radius 1 is 1.04 bits per heavy atom. The van der Waals surface area contributed by atoms with Crippen LogP contribution in [0.3, 0.4) is 0 Å². The van der Waals surface area contributed by atoms with E-state index in [9.17, 15) is 13.2 Å². The van der Waals surface area contributed by atoms with Crippen molar-refractivity contribution in [1.82, 2.24) is 4.31 Å². The Bertz CT molecular complexity index is 921. The van der Waals surface area contributed by atoms with E-state index in [1.165, 1.54) is 4.31 Å². The van der Waals surface area contributed by atoms with Gasteiger partial charge in [0, 0.05) is 12.2 Å². The highest BCUT2D eigenvalue weighted by Gasteiger charge is 2.39. The van der Waals surface area contributed by atoms with Crippen molar-refractivity contribution in [3.8, 4) is 0 Å². The zero-order valence-corrected chi connectivity index (χ0v) is 16.1. The normalized spacial score (nSPS) is 18.0. The van der Waals surface area contributed by atoms with Crippen molar-refractivity contribution in [1.29, 1.82) is 0 Å². The van der Waals surface area contributed by atoms with Crippen LogP contribution in [-0.2, 0) is 14.8 Å². The van der Waals surface area contributed by atoms with Crippen LogP contribution in [0.4, 0.5) is 5.69 Å². The Kier molecular flexibility index (Phi) is 5.16. The molecule has 1 atom stereocenters. The molecule has 1 fully saturated rings. The van der Waals surface area contributed by atoms with E-state index < -0.39 is 16.1 Å². The number of carbonyl (C=O) groups is 1. The summed E-state index contributed by atoms with van der Waals surface area (Å²) in [6.07, 6.45) is 1.21. The third-order valence-corrected chi connectivity index (χ3v) is 6.83. The van der Waals surface area contributed by atoms with Gasteiger partial charge in [-0.05, 0) is 69.0 Å². The van der Waals surface area contributed by atoms with Crippen LogP contribution >= 0.6 is 0 Å². The van der Waals surface area contributed by atoms with Gasteiger partial charge in [-0.15, -0.1) is 0 Å². The summed E-state index contributed by atoms with van der Waals surface area (Å²) in [6, 6.07) is 11.8. The lowest BCUT2D eigenvalue weighted by atomic mass is 10.1.